The number of esters is 1. The van der Waals surface area contributed by atoms with Gasteiger partial charge in [0.25, 0.3) is 0 Å². The number of rotatable bonds is 9. The largest absolute Gasteiger partial charge is 0.468 e. The van der Waals surface area contributed by atoms with E-state index in [1.807, 2.05) is 30.3 Å². The standard InChI is InChI=1S/C16H25NO3/c1-3-4-10-15(16(19)20-2)17-14(12-18)11-13-8-6-5-7-9-13/h5-9,14-15,17-18H,3-4,10-12H2,1-2H3. The average molecular weight is 279 g/mol. The van der Waals surface area contributed by atoms with Crippen molar-refractivity contribution in [2.75, 3.05) is 13.7 Å². The summed E-state index contributed by atoms with van der Waals surface area (Å²) in [5.74, 6) is -0.259. The zero-order valence-corrected chi connectivity index (χ0v) is 12.3. The molecule has 1 aromatic carbocycles. The van der Waals surface area contributed by atoms with Crippen molar-refractivity contribution in [3.05, 3.63) is 35.9 Å². The summed E-state index contributed by atoms with van der Waals surface area (Å²) in [5.41, 5.74) is 1.14. The van der Waals surface area contributed by atoms with E-state index in [9.17, 15) is 9.90 Å². The second-order valence-corrected chi connectivity index (χ2v) is 4.95. The summed E-state index contributed by atoms with van der Waals surface area (Å²) in [4.78, 5) is 11.8. The molecular formula is C16H25NO3. The van der Waals surface area contributed by atoms with Crippen molar-refractivity contribution in [2.24, 2.45) is 0 Å². The summed E-state index contributed by atoms with van der Waals surface area (Å²) in [6, 6.07) is 9.45. The van der Waals surface area contributed by atoms with E-state index in [0.717, 1.165) is 24.8 Å². The van der Waals surface area contributed by atoms with Crippen molar-refractivity contribution in [2.45, 2.75) is 44.7 Å². The van der Waals surface area contributed by atoms with E-state index in [1.165, 1.54) is 7.11 Å². The average Bonchev–Trinajstić information content (AvgIpc) is 2.50. The SMILES string of the molecule is CCCCC(NC(CO)Cc1ccccc1)C(=O)OC. The quantitative estimate of drug-likeness (QED) is 0.678. The molecule has 0 aliphatic rings. The van der Waals surface area contributed by atoms with E-state index in [2.05, 4.69) is 12.2 Å². The molecule has 0 aliphatic carbocycles. The summed E-state index contributed by atoms with van der Waals surface area (Å²) in [5, 5.41) is 12.7. The van der Waals surface area contributed by atoms with Crippen molar-refractivity contribution in [3.63, 3.8) is 0 Å². The van der Waals surface area contributed by atoms with E-state index in [1.54, 1.807) is 0 Å². The first-order chi connectivity index (χ1) is 9.71. The van der Waals surface area contributed by atoms with E-state index < -0.39 is 0 Å². The van der Waals surface area contributed by atoms with Gasteiger partial charge in [-0.15, -0.1) is 0 Å². The predicted molar refractivity (Wildman–Crippen MR) is 79.5 cm³/mol. The van der Waals surface area contributed by atoms with Crippen LogP contribution in [-0.2, 0) is 16.0 Å². The molecule has 0 bridgehead atoms. The number of nitrogens with one attached hydrogen (secondary N) is 1. The van der Waals surface area contributed by atoms with E-state index in [0.29, 0.717) is 6.42 Å². The highest BCUT2D eigenvalue weighted by Crippen LogP contribution is 2.07. The molecule has 0 fully saturated rings. The molecule has 0 heterocycles. The minimum absolute atomic E-state index is 0.00544. The van der Waals surface area contributed by atoms with Crippen LogP contribution < -0.4 is 5.32 Å². The summed E-state index contributed by atoms with van der Waals surface area (Å²) in [6.45, 7) is 2.08. The Bertz CT molecular complexity index is 381. The number of hydrogen-bond acceptors (Lipinski definition) is 4. The number of methoxy groups -OCH3 is 1. The molecule has 0 saturated carbocycles. The second-order valence-electron chi connectivity index (χ2n) is 4.95. The van der Waals surface area contributed by atoms with Crippen LogP contribution in [0.1, 0.15) is 31.7 Å². The summed E-state index contributed by atoms with van der Waals surface area (Å²) < 4.78 is 4.82. The Morgan fingerprint density at radius 2 is 2.05 bits per heavy atom. The molecule has 0 aromatic heterocycles. The van der Waals surface area contributed by atoms with Gasteiger partial charge in [0.05, 0.1) is 13.7 Å². The minimum atomic E-state index is -0.346. The highest BCUT2D eigenvalue weighted by Gasteiger charge is 2.22. The Hall–Kier alpha value is -1.39. The van der Waals surface area contributed by atoms with E-state index >= 15 is 0 Å². The molecule has 0 aliphatic heterocycles. The number of aliphatic hydroxyl groups is 1. The van der Waals surface area contributed by atoms with Crippen LogP contribution in [-0.4, -0.2) is 36.9 Å². The molecule has 2 N–H and O–H groups in total. The Morgan fingerprint density at radius 3 is 2.60 bits per heavy atom. The third-order valence-corrected chi connectivity index (χ3v) is 3.31. The molecule has 4 nitrogen and oxygen atoms in total. The molecule has 2 unspecified atom stereocenters. The molecule has 2 atom stereocenters. The number of aliphatic hydroxyl groups excluding tert-OH is 1. The van der Waals surface area contributed by atoms with Crippen molar-refractivity contribution in [3.8, 4) is 0 Å². The first-order valence-electron chi connectivity index (χ1n) is 7.19. The number of unbranched alkanes of at least 4 members (excludes halogenated alkanes) is 1. The molecule has 0 saturated heterocycles. The smallest absolute Gasteiger partial charge is 0.322 e. The van der Waals surface area contributed by atoms with Gasteiger partial charge in [-0.3, -0.25) is 10.1 Å². The third kappa shape index (κ3) is 5.72. The Balaban J connectivity index is 2.60. The number of benzene rings is 1. The van der Waals surface area contributed by atoms with Crippen LogP contribution >= 0.6 is 0 Å². The number of carbonyl (C=O) groups is 1. The van der Waals surface area contributed by atoms with Gasteiger partial charge >= 0.3 is 5.97 Å². The second kappa shape index (κ2) is 9.50. The maximum absolute atomic E-state index is 11.8. The highest BCUT2D eigenvalue weighted by atomic mass is 16.5. The molecule has 1 rings (SSSR count). The first-order valence-corrected chi connectivity index (χ1v) is 7.19. The molecule has 4 heteroatoms. The van der Waals surface area contributed by atoms with E-state index in [-0.39, 0.29) is 24.7 Å². The van der Waals surface area contributed by atoms with Gasteiger partial charge in [-0.05, 0) is 18.4 Å². The Labute approximate surface area is 121 Å². The monoisotopic (exact) mass is 279 g/mol. The summed E-state index contributed by atoms with van der Waals surface area (Å²) >= 11 is 0. The van der Waals surface area contributed by atoms with Gasteiger partial charge in [0, 0.05) is 6.04 Å². The number of hydrogen-bond donors (Lipinski definition) is 2. The fraction of sp³-hybridized carbons (Fsp3) is 0.562. The van der Waals surface area contributed by atoms with Crippen LogP contribution in [0, 0.1) is 0 Å². The maximum atomic E-state index is 11.8. The molecule has 0 spiro atoms. The van der Waals surface area contributed by atoms with Crippen LogP contribution in [0.2, 0.25) is 0 Å². The third-order valence-electron chi connectivity index (χ3n) is 3.31. The zero-order chi connectivity index (χ0) is 14.8. The van der Waals surface area contributed by atoms with Gasteiger partial charge in [0.1, 0.15) is 6.04 Å². The van der Waals surface area contributed by atoms with Crippen LogP contribution in [0.4, 0.5) is 0 Å². The van der Waals surface area contributed by atoms with Gasteiger partial charge in [0.2, 0.25) is 0 Å². The topological polar surface area (TPSA) is 58.6 Å². The predicted octanol–water partition coefficient (Wildman–Crippen LogP) is 1.91. The summed E-state index contributed by atoms with van der Waals surface area (Å²) in [6.07, 6.45) is 3.40. The lowest BCUT2D eigenvalue weighted by Gasteiger charge is -2.23. The lowest BCUT2D eigenvalue weighted by Crippen LogP contribution is -2.46. The first kappa shape index (κ1) is 16.7. The molecule has 112 valence electrons. The Kier molecular flexibility index (Phi) is 7.92. The van der Waals surface area contributed by atoms with Gasteiger partial charge in [-0.1, -0.05) is 50.1 Å². The van der Waals surface area contributed by atoms with Gasteiger partial charge in [-0.25, -0.2) is 0 Å². The lowest BCUT2D eigenvalue weighted by atomic mass is 10.0. The van der Waals surface area contributed by atoms with Crippen molar-refractivity contribution in [1.82, 2.24) is 5.32 Å². The molecule has 20 heavy (non-hydrogen) atoms. The van der Waals surface area contributed by atoms with E-state index in [4.69, 9.17) is 4.74 Å². The van der Waals surface area contributed by atoms with Crippen molar-refractivity contribution in [1.29, 1.82) is 0 Å². The minimum Gasteiger partial charge on any atom is -0.468 e. The van der Waals surface area contributed by atoms with Gasteiger partial charge < -0.3 is 9.84 Å². The maximum Gasteiger partial charge on any atom is 0.322 e. The summed E-state index contributed by atoms with van der Waals surface area (Å²) in [7, 11) is 1.40. The zero-order valence-electron chi connectivity index (χ0n) is 12.3. The number of ether oxygens (including phenoxy) is 1. The fourth-order valence-electron chi connectivity index (χ4n) is 2.18. The normalized spacial score (nSPS) is 13.8. The van der Waals surface area contributed by atoms with Crippen LogP contribution in [0.5, 0.6) is 0 Å². The fourth-order valence-corrected chi connectivity index (χ4v) is 2.18. The van der Waals surface area contributed by atoms with Gasteiger partial charge in [0.15, 0.2) is 0 Å². The molecular weight excluding hydrogens is 254 g/mol. The lowest BCUT2D eigenvalue weighted by molar-refractivity contribution is -0.143. The van der Waals surface area contributed by atoms with Gasteiger partial charge in [-0.2, -0.15) is 0 Å². The van der Waals surface area contributed by atoms with Crippen LogP contribution in [0.25, 0.3) is 0 Å². The van der Waals surface area contributed by atoms with Crippen LogP contribution in [0.3, 0.4) is 0 Å². The van der Waals surface area contributed by atoms with Crippen molar-refractivity contribution >= 4 is 5.97 Å². The van der Waals surface area contributed by atoms with Crippen LogP contribution in [0.15, 0.2) is 30.3 Å². The molecule has 0 amide bonds. The highest BCUT2D eigenvalue weighted by molar-refractivity contribution is 5.75. The molecule has 0 radical (unpaired) electrons. The molecule has 1 aromatic rings. The van der Waals surface area contributed by atoms with Crippen molar-refractivity contribution < 1.29 is 14.6 Å². The number of carbonyl (C=O) groups excluding carboxylic acids is 1. The Morgan fingerprint density at radius 1 is 1.35 bits per heavy atom.